The summed E-state index contributed by atoms with van der Waals surface area (Å²) in [5.74, 6) is 0.317. The Labute approximate surface area is 225 Å². The third kappa shape index (κ3) is 4.07. The number of benzene rings is 1. The second-order valence-corrected chi connectivity index (χ2v) is 10.1. The zero-order valence-electron chi connectivity index (χ0n) is 21.4. The largest absolute Gasteiger partial charge is 0.369 e. The van der Waals surface area contributed by atoms with Crippen LogP contribution in [0.3, 0.4) is 0 Å². The number of carbonyl (C=O) groups is 1. The quantitative estimate of drug-likeness (QED) is 0.272. The highest BCUT2D eigenvalue weighted by atomic mass is 35.5. The second kappa shape index (κ2) is 9.22. The van der Waals surface area contributed by atoms with Crippen molar-refractivity contribution in [3.8, 4) is 16.8 Å². The Morgan fingerprint density at radius 2 is 1.84 bits per heavy atom. The Morgan fingerprint density at radius 3 is 2.58 bits per heavy atom. The zero-order valence-corrected chi connectivity index (χ0v) is 22.1. The molecule has 6 rings (SSSR count). The molecule has 1 amide bonds. The van der Waals surface area contributed by atoms with Gasteiger partial charge in [0.25, 0.3) is 0 Å². The first kappa shape index (κ1) is 24.1. The van der Waals surface area contributed by atoms with Gasteiger partial charge in [-0.15, -0.1) is 0 Å². The van der Waals surface area contributed by atoms with E-state index in [1.165, 1.54) is 0 Å². The van der Waals surface area contributed by atoms with Crippen molar-refractivity contribution in [2.75, 3.05) is 17.2 Å². The summed E-state index contributed by atoms with van der Waals surface area (Å²) < 4.78 is 4.00. The van der Waals surface area contributed by atoms with Crippen LogP contribution in [0.4, 0.5) is 11.5 Å². The summed E-state index contributed by atoms with van der Waals surface area (Å²) in [6.45, 7) is 4.52. The molecule has 1 atom stereocenters. The maximum Gasteiger partial charge on any atom is 0.246 e. The standard InChI is InChI=1S/C29H26ClN7O/c1-17-5-4-6-24(33-17)22-11-12-36(29(22)38)20-9-7-19(8-10-20)23-15-35(3)28-26(23)27(31)32-16-37(28)21-13-18(2)34-25(30)14-21/h4-10,13-16,22,31H,11-12H2,1-3H3/p+1. The van der Waals surface area contributed by atoms with Crippen LogP contribution in [-0.4, -0.2) is 32.0 Å². The van der Waals surface area contributed by atoms with Crippen LogP contribution in [0, 0.1) is 13.8 Å². The van der Waals surface area contributed by atoms with Crippen LogP contribution in [0.5, 0.6) is 0 Å². The summed E-state index contributed by atoms with van der Waals surface area (Å²) >= 11 is 6.25. The molecule has 1 aliphatic rings. The molecule has 1 unspecified atom stereocenters. The van der Waals surface area contributed by atoms with E-state index in [9.17, 15) is 4.79 Å². The maximum atomic E-state index is 13.3. The molecule has 8 nitrogen and oxygen atoms in total. The van der Waals surface area contributed by atoms with Crippen LogP contribution in [0.15, 0.2) is 67.1 Å². The molecule has 1 fully saturated rings. The van der Waals surface area contributed by atoms with Crippen LogP contribution in [0.2, 0.25) is 5.15 Å². The molecule has 190 valence electrons. The summed E-state index contributed by atoms with van der Waals surface area (Å²) in [5.41, 5.74) is 13.5. The number of anilines is 2. The summed E-state index contributed by atoms with van der Waals surface area (Å²) in [6.07, 6.45) is 4.50. The van der Waals surface area contributed by atoms with Gasteiger partial charge in [-0.3, -0.25) is 14.3 Å². The van der Waals surface area contributed by atoms with Crippen molar-refractivity contribution in [2.24, 2.45) is 7.05 Å². The van der Waals surface area contributed by atoms with Gasteiger partial charge in [-0.1, -0.05) is 34.8 Å². The minimum absolute atomic E-state index is 0.0850. The van der Waals surface area contributed by atoms with Crippen molar-refractivity contribution in [2.45, 2.75) is 26.2 Å². The Bertz CT molecular complexity index is 1690. The molecule has 1 saturated heterocycles. The lowest BCUT2D eigenvalue weighted by atomic mass is 10.0. The van der Waals surface area contributed by atoms with Gasteiger partial charge in [0.2, 0.25) is 23.7 Å². The molecule has 5 heterocycles. The van der Waals surface area contributed by atoms with Crippen molar-refractivity contribution in [3.63, 3.8) is 0 Å². The number of carbonyl (C=O) groups excluding carboxylic acids is 1. The Kier molecular flexibility index (Phi) is 5.84. The molecule has 1 aromatic carbocycles. The van der Waals surface area contributed by atoms with Gasteiger partial charge in [0, 0.05) is 35.2 Å². The Hall–Kier alpha value is -4.30. The van der Waals surface area contributed by atoms with Crippen LogP contribution in [0.1, 0.15) is 29.4 Å². The third-order valence-corrected chi connectivity index (χ3v) is 7.29. The molecule has 1 aliphatic heterocycles. The number of aryl methyl sites for hydroxylation is 3. The predicted octanol–water partition coefficient (Wildman–Crippen LogP) is 4.68. The van der Waals surface area contributed by atoms with Crippen LogP contribution >= 0.6 is 11.6 Å². The van der Waals surface area contributed by atoms with Crippen LogP contribution in [0.25, 0.3) is 27.8 Å². The monoisotopic (exact) mass is 524 g/mol. The minimum atomic E-state index is -0.209. The Balaban J connectivity index is 1.35. The first-order chi connectivity index (χ1) is 18.3. The smallest absolute Gasteiger partial charge is 0.246 e. The van der Waals surface area contributed by atoms with Gasteiger partial charge in [0.05, 0.1) is 24.9 Å². The van der Waals surface area contributed by atoms with E-state index in [1.54, 1.807) is 12.4 Å². The van der Waals surface area contributed by atoms with Crippen molar-refractivity contribution in [3.05, 3.63) is 89.4 Å². The van der Waals surface area contributed by atoms with E-state index in [0.717, 1.165) is 57.0 Å². The van der Waals surface area contributed by atoms with Crippen molar-refractivity contribution in [1.29, 1.82) is 0 Å². The fourth-order valence-electron chi connectivity index (χ4n) is 5.35. The molecule has 0 spiro atoms. The van der Waals surface area contributed by atoms with E-state index in [4.69, 9.17) is 17.3 Å². The van der Waals surface area contributed by atoms with Crippen molar-refractivity contribution < 1.29 is 9.36 Å². The summed E-state index contributed by atoms with van der Waals surface area (Å²) in [7, 11) is 1.98. The lowest BCUT2D eigenvalue weighted by Crippen LogP contribution is -2.34. The molecule has 0 saturated carbocycles. The number of amides is 1. The molecule has 0 radical (unpaired) electrons. The molecular weight excluding hydrogens is 498 g/mol. The molecule has 5 aromatic rings. The molecule has 4 aromatic heterocycles. The summed E-state index contributed by atoms with van der Waals surface area (Å²) in [4.78, 5) is 28.4. The lowest BCUT2D eigenvalue weighted by molar-refractivity contribution is -0.573. The van der Waals surface area contributed by atoms with Crippen molar-refractivity contribution >= 4 is 40.0 Å². The second-order valence-electron chi connectivity index (χ2n) is 9.72. The van der Waals surface area contributed by atoms with E-state index >= 15 is 0 Å². The highest BCUT2D eigenvalue weighted by molar-refractivity contribution is 6.29. The highest BCUT2D eigenvalue weighted by Gasteiger charge is 2.34. The zero-order chi connectivity index (χ0) is 26.6. The lowest BCUT2D eigenvalue weighted by Gasteiger charge is -2.17. The molecule has 38 heavy (non-hydrogen) atoms. The van der Waals surface area contributed by atoms with E-state index in [0.29, 0.717) is 17.5 Å². The van der Waals surface area contributed by atoms with E-state index in [-0.39, 0.29) is 11.8 Å². The van der Waals surface area contributed by atoms with E-state index < -0.39 is 0 Å². The molecule has 0 bridgehead atoms. The van der Waals surface area contributed by atoms with Gasteiger partial charge in [0.15, 0.2) is 0 Å². The summed E-state index contributed by atoms with van der Waals surface area (Å²) in [6, 6.07) is 17.6. The number of hydrogen-bond acceptors (Lipinski definition) is 5. The van der Waals surface area contributed by atoms with Crippen LogP contribution < -0.4 is 15.2 Å². The molecule has 9 heteroatoms. The first-order valence-electron chi connectivity index (χ1n) is 12.5. The normalized spacial score (nSPS) is 15.5. The fraction of sp³-hybridized carbons (Fsp3) is 0.207. The van der Waals surface area contributed by atoms with Gasteiger partial charge in [0.1, 0.15) is 16.2 Å². The number of rotatable bonds is 4. The van der Waals surface area contributed by atoms with Gasteiger partial charge in [-0.25, -0.2) is 9.55 Å². The number of aromatic nitrogens is 5. The van der Waals surface area contributed by atoms with Crippen molar-refractivity contribution in [1.82, 2.24) is 19.5 Å². The van der Waals surface area contributed by atoms with Gasteiger partial charge < -0.3 is 10.6 Å². The third-order valence-electron chi connectivity index (χ3n) is 7.09. The first-order valence-corrected chi connectivity index (χ1v) is 12.8. The molecule has 0 aliphatic carbocycles. The van der Waals surface area contributed by atoms with E-state index in [2.05, 4.69) is 15.0 Å². The molecular formula is C29H27ClN7O+. The average molecular weight is 525 g/mol. The number of halogens is 1. The number of nitrogen functional groups attached to an aromatic ring is 1. The maximum absolute atomic E-state index is 13.3. The molecule has 2 N–H and O–H groups in total. The number of pyridine rings is 2. The van der Waals surface area contributed by atoms with Gasteiger partial charge >= 0.3 is 0 Å². The van der Waals surface area contributed by atoms with Gasteiger partial charge in [-0.05, 0) is 56.2 Å². The minimum Gasteiger partial charge on any atom is -0.369 e. The van der Waals surface area contributed by atoms with Crippen LogP contribution in [-0.2, 0) is 11.8 Å². The van der Waals surface area contributed by atoms with E-state index in [1.807, 2.05) is 89.7 Å². The number of hydrogen-bond donors (Lipinski definition) is 1. The number of nitrogens with zero attached hydrogens (tertiary/aromatic N) is 6. The highest BCUT2D eigenvalue weighted by Crippen LogP contribution is 2.35. The van der Waals surface area contributed by atoms with Gasteiger partial charge in [-0.2, -0.15) is 0 Å². The number of fused-ring (bicyclic) bond motifs is 1. The SMILES string of the molecule is Cc1cc(-[n+]2cnc(N)c3c(-c4ccc(N5CCC(c6cccc(C)n6)C5=O)cc4)cn(C)c32)cc(Cl)n1. The fourth-order valence-corrected chi connectivity index (χ4v) is 5.59. The Morgan fingerprint density at radius 1 is 1.05 bits per heavy atom. The predicted molar refractivity (Wildman–Crippen MR) is 148 cm³/mol. The number of nitrogens with two attached hydrogens (primary N) is 1. The topological polar surface area (TPSA) is 93.8 Å². The average Bonchev–Trinajstić information content (AvgIpc) is 3.44. The summed E-state index contributed by atoms with van der Waals surface area (Å²) in [5, 5.41) is 1.26.